The zero-order chi connectivity index (χ0) is 30.0. The number of nitrogens with one attached hydrogen (secondary N) is 1. The Labute approximate surface area is 249 Å². The molecule has 1 N–H and O–H groups in total. The molecule has 0 unspecified atom stereocenters. The van der Waals surface area contributed by atoms with E-state index in [1.165, 1.54) is 10.6 Å². The van der Waals surface area contributed by atoms with Gasteiger partial charge in [-0.15, -0.1) is 0 Å². The van der Waals surface area contributed by atoms with Crippen LogP contribution in [0.3, 0.4) is 0 Å². The van der Waals surface area contributed by atoms with Gasteiger partial charge in [0.25, 0.3) is 0 Å². The van der Waals surface area contributed by atoms with E-state index in [4.69, 9.17) is 11.6 Å². The number of nitrogens with zero attached hydrogens (tertiary/aromatic N) is 2. The zero-order valence-electron chi connectivity index (χ0n) is 24.3. The molecule has 0 aliphatic rings. The minimum Gasteiger partial charge on any atom is -0.354 e. The number of hydrogen-bond acceptors (Lipinski definition) is 4. The van der Waals surface area contributed by atoms with Gasteiger partial charge in [-0.3, -0.25) is 13.9 Å². The van der Waals surface area contributed by atoms with Crippen LogP contribution in [0.2, 0.25) is 5.02 Å². The molecule has 220 valence electrons. The van der Waals surface area contributed by atoms with Gasteiger partial charge in [-0.1, -0.05) is 73.1 Å². The predicted octanol–water partition coefficient (Wildman–Crippen LogP) is 5.67. The number of anilines is 1. The molecule has 1 atom stereocenters. The summed E-state index contributed by atoms with van der Waals surface area (Å²) in [6, 6.07) is 21.6. The van der Waals surface area contributed by atoms with Crippen LogP contribution in [0.25, 0.3) is 0 Å². The standard InChI is InChI=1S/C32H40ClN3O4S/c1-5-20-34-32(38)30(22-26-12-7-6-8-13-26)35(23-27-16-18-28(33)19-17-27)31(37)15-10-21-36(41(4,39)40)29-14-9-11-24(2)25(29)3/h6-9,11-14,16-19,30H,5,10,15,20-23H2,1-4H3,(H,34,38)/t30-/m1/s1. The second-order valence-electron chi connectivity index (χ2n) is 10.3. The number of amides is 2. The highest BCUT2D eigenvalue weighted by Gasteiger charge is 2.30. The van der Waals surface area contributed by atoms with Crippen LogP contribution in [0.4, 0.5) is 5.69 Å². The fourth-order valence-electron chi connectivity index (χ4n) is 4.69. The monoisotopic (exact) mass is 597 g/mol. The Morgan fingerprint density at radius 3 is 2.24 bits per heavy atom. The quantitative estimate of drug-likeness (QED) is 0.259. The molecular weight excluding hydrogens is 558 g/mol. The third-order valence-corrected chi connectivity index (χ3v) is 8.52. The SMILES string of the molecule is CCCNC(=O)[C@@H](Cc1ccccc1)N(Cc1ccc(Cl)cc1)C(=O)CCCN(c1cccc(C)c1C)S(C)(=O)=O. The van der Waals surface area contributed by atoms with E-state index in [9.17, 15) is 18.0 Å². The molecule has 9 heteroatoms. The summed E-state index contributed by atoms with van der Waals surface area (Å²) in [7, 11) is -3.58. The first-order valence-corrected chi connectivity index (χ1v) is 16.1. The normalized spacial score (nSPS) is 12.0. The highest BCUT2D eigenvalue weighted by molar-refractivity contribution is 7.92. The smallest absolute Gasteiger partial charge is 0.243 e. The number of carbonyl (C=O) groups excluding carboxylic acids is 2. The van der Waals surface area contributed by atoms with Gasteiger partial charge in [-0.25, -0.2) is 8.42 Å². The predicted molar refractivity (Wildman–Crippen MR) is 167 cm³/mol. The average Bonchev–Trinajstić information content (AvgIpc) is 2.94. The van der Waals surface area contributed by atoms with Crippen molar-refractivity contribution in [3.05, 3.63) is 100 Å². The topological polar surface area (TPSA) is 86.8 Å². The summed E-state index contributed by atoms with van der Waals surface area (Å²) >= 11 is 6.10. The van der Waals surface area contributed by atoms with Gasteiger partial charge in [0, 0.05) is 37.5 Å². The van der Waals surface area contributed by atoms with Gasteiger partial charge in [0.2, 0.25) is 21.8 Å². The first kappa shape index (κ1) is 32.2. The number of hydrogen-bond donors (Lipinski definition) is 1. The fourth-order valence-corrected chi connectivity index (χ4v) is 5.84. The lowest BCUT2D eigenvalue weighted by Gasteiger charge is -2.32. The molecule has 0 aliphatic heterocycles. The van der Waals surface area contributed by atoms with Crippen LogP contribution in [0, 0.1) is 13.8 Å². The molecule has 3 aromatic rings. The molecule has 2 amide bonds. The second kappa shape index (κ2) is 15.0. The molecule has 0 heterocycles. The Morgan fingerprint density at radius 1 is 0.927 bits per heavy atom. The van der Waals surface area contributed by atoms with E-state index in [0.29, 0.717) is 30.1 Å². The van der Waals surface area contributed by atoms with Crippen molar-refractivity contribution in [1.82, 2.24) is 10.2 Å². The minimum absolute atomic E-state index is 0.0802. The molecule has 0 saturated heterocycles. The lowest BCUT2D eigenvalue weighted by atomic mass is 10.0. The summed E-state index contributed by atoms with van der Waals surface area (Å²) in [5.74, 6) is -0.437. The highest BCUT2D eigenvalue weighted by atomic mass is 35.5. The molecule has 3 rings (SSSR count). The number of benzene rings is 3. The molecule has 0 saturated carbocycles. The van der Waals surface area contributed by atoms with Crippen molar-refractivity contribution >= 4 is 39.1 Å². The van der Waals surface area contributed by atoms with Crippen molar-refractivity contribution in [3.63, 3.8) is 0 Å². The van der Waals surface area contributed by atoms with Gasteiger partial charge >= 0.3 is 0 Å². The summed E-state index contributed by atoms with van der Waals surface area (Å²) in [4.78, 5) is 28.9. The van der Waals surface area contributed by atoms with Crippen LogP contribution in [0.5, 0.6) is 0 Å². The van der Waals surface area contributed by atoms with E-state index in [-0.39, 0.29) is 31.3 Å². The Bertz CT molecular complexity index is 1410. The van der Waals surface area contributed by atoms with Crippen molar-refractivity contribution < 1.29 is 18.0 Å². The second-order valence-corrected chi connectivity index (χ2v) is 12.6. The third-order valence-electron chi connectivity index (χ3n) is 7.08. The molecule has 0 fully saturated rings. The number of rotatable bonds is 14. The molecule has 0 spiro atoms. The molecule has 0 radical (unpaired) electrons. The van der Waals surface area contributed by atoms with E-state index in [1.807, 2.05) is 75.4 Å². The summed E-state index contributed by atoms with van der Waals surface area (Å²) in [5, 5.41) is 3.55. The Kier molecular flexibility index (Phi) is 11.8. The van der Waals surface area contributed by atoms with Gasteiger partial charge < -0.3 is 10.2 Å². The molecule has 0 aliphatic carbocycles. The van der Waals surface area contributed by atoms with Crippen LogP contribution >= 0.6 is 11.6 Å². The van der Waals surface area contributed by atoms with Crippen LogP contribution < -0.4 is 9.62 Å². The van der Waals surface area contributed by atoms with Crippen molar-refractivity contribution in [2.24, 2.45) is 0 Å². The number of carbonyl (C=O) groups is 2. The lowest BCUT2D eigenvalue weighted by molar-refractivity contribution is -0.141. The Morgan fingerprint density at radius 2 is 1.61 bits per heavy atom. The molecule has 7 nitrogen and oxygen atoms in total. The number of halogens is 1. The summed E-state index contributed by atoms with van der Waals surface area (Å²) < 4.78 is 26.8. The van der Waals surface area contributed by atoms with Crippen molar-refractivity contribution in [2.45, 2.75) is 59.0 Å². The van der Waals surface area contributed by atoms with Gasteiger partial charge in [-0.2, -0.15) is 0 Å². The lowest BCUT2D eigenvalue weighted by Crippen LogP contribution is -2.50. The first-order valence-electron chi connectivity index (χ1n) is 13.9. The third kappa shape index (κ3) is 9.33. The van der Waals surface area contributed by atoms with Crippen LogP contribution in [0.15, 0.2) is 72.8 Å². The van der Waals surface area contributed by atoms with Crippen molar-refractivity contribution in [1.29, 1.82) is 0 Å². The molecule has 0 aromatic heterocycles. The number of sulfonamides is 1. The molecule has 3 aromatic carbocycles. The Balaban J connectivity index is 1.88. The zero-order valence-corrected chi connectivity index (χ0v) is 25.8. The summed E-state index contributed by atoms with van der Waals surface area (Å²) in [6.07, 6.45) is 2.68. The first-order chi connectivity index (χ1) is 19.5. The number of aryl methyl sites for hydroxylation is 1. The van der Waals surface area contributed by atoms with Crippen molar-refractivity contribution in [2.75, 3.05) is 23.7 Å². The van der Waals surface area contributed by atoms with Crippen LogP contribution in [0.1, 0.15) is 48.4 Å². The fraction of sp³-hybridized carbons (Fsp3) is 0.375. The van der Waals surface area contributed by atoms with Crippen molar-refractivity contribution in [3.8, 4) is 0 Å². The molecule has 41 heavy (non-hydrogen) atoms. The maximum absolute atomic E-state index is 13.9. The van der Waals surface area contributed by atoms with Gasteiger partial charge in [-0.05, 0) is 67.1 Å². The summed E-state index contributed by atoms with van der Waals surface area (Å²) in [5.41, 5.74) is 4.26. The van der Waals surface area contributed by atoms with E-state index in [0.717, 1.165) is 28.7 Å². The van der Waals surface area contributed by atoms with Gasteiger partial charge in [0.1, 0.15) is 6.04 Å². The van der Waals surface area contributed by atoms with E-state index < -0.39 is 16.1 Å². The highest BCUT2D eigenvalue weighted by Crippen LogP contribution is 2.26. The Hall–Kier alpha value is -3.36. The van der Waals surface area contributed by atoms with Crippen LogP contribution in [-0.4, -0.2) is 50.5 Å². The maximum Gasteiger partial charge on any atom is 0.243 e. The average molecular weight is 598 g/mol. The van der Waals surface area contributed by atoms with Crippen LogP contribution in [-0.2, 0) is 32.6 Å². The van der Waals surface area contributed by atoms with Gasteiger partial charge in [0.05, 0.1) is 11.9 Å². The minimum atomic E-state index is -3.58. The maximum atomic E-state index is 13.9. The molecular formula is C32H40ClN3O4S. The van der Waals surface area contributed by atoms with E-state index in [2.05, 4.69) is 5.32 Å². The van der Waals surface area contributed by atoms with Gasteiger partial charge in [0.15, 0.2) is 0 Å². The summed E-state index contributed by atoms with van der Waals surface area (Å²) in [6.45, 7) is 6.69. The van der Waals surface area contributed by atoms with E-state index >= 15 is 0 Å². The molecule has 0 bridgehead atoms. The largest absolute Gasteiger partial charge is 0.354 e. The van der Waals surface area contributed by atoms with E-state index in [1.54, 1.807) is 23.1 Å².